The third-order valence-electron chi connectivity index (χ3n) is 24.4. The number of amides is 2. The maximum Gasteiger partial charge on any atom is 0.270 e. The Morgan fingerprint density at radius 2 is 0.869 bits per heavy atom. The first-order valence-electron chi connectivity index (χ1n) is 44.5. The monoisotopic (exact) mass is 1800 g/mol. The molecule has 0 saturated carbocycles. The number of methoxy groups -OCH3 is 1. The minimum Gasteiger partial charge on any atom is -0.506 e. The molecule has 0 unspecified atom stereocenters. The molecule has 130 heavy (non-hydrogen) atoms. The SMILES string of the molecule is C=C(CCc1c(C)nc(N2CCOCC2)[nH]c1=O)N1CCN(c2ccc([N+](=O)[O-])cc2)CC1.C=C(CCc1c(C)nc(N2CCOCC2)[nH]c1=O)N1CCN(c2ccccc2O)CC1.COc1cccc(CC(=O)CN(C)C(=O)CCc2c(C)nc(N3CCOCC3)[nH]c2=O)c1.Cc1nc(N2CCOCC2)[nH]c(=O)c1CCC(=O)N1CCN(c2cccc(C(C)(F)F)c2)CC1. The second kappa shape index (κ2) is 46.1. The number of Topliss-reactive ketones (excluding diaryl/α,β-unsaturated/α-hetero) is 1. The number of nitro benzene ring substituents is 1. The molecular weight excluding hydrogens is 1680 g/mol. The number of nitrogens with one attached hydrogen (secondary N) is 4. The summed E-state index contributed by atoms with van der Waals surface area (Å²) in [7, 11) is 3.18. The van der Waals surface area contributed by atoms with Crippen molar-refractivity contribution in [2.75, 3.05) is 239 Å². The first kappa shape index (κ1) is 96.5. The molecule has 698 valence electrons. The Labute approximate surface area is 754 Å². The summed E-state index contributed by atoms with van der Waals surface area (Å²) < 4.78 is 53.9. The number of aryl methyl sites for hydroxylation is 4. The van der Waals surface area contributed by atoms with Gasteiger partial charge in [-0.15, -0.1) is 0 Å². The first-order chi connectivity index (χ1) is 62.5. The Hall–Kier alpha value is -12.6. The second-order valence-corrected chi connectivity index (χ2v) is 33.2. The van der Waals surface area contributed by atoms with Crippen LogP contribution in [0.15, 0.2) is 141 Å². The van der Waals surface area contributed by atoms with Crippen LogP contribution in [-0.2, 0) is 71.4 Å². The van der Waals surface area contributed by atoms with Crippen LogP contribution in [0.2, 0.25) is 0 Å². The van der Waals surface area contributed by atoms with Gasteiger partial charge in [-0.2, -0.15) is 0 Å². The molecule has 37 heteroatoms. The highest BCUT2D eigenvalue weighted by molar-refractivity contribution is 5.87. The van der Waals surface area contributed by atoms with Gasteiger partial charge in [0.2, 0.25) is 35.6 Å². The second-order valence-electron chi connectivity index (χ2n) is 33.2. The van der Waals surface area contributed by atoms with E-state index in [2.05, 4.69) is 77.5 Å². The number of ether oxygens (including phenoxy) is 5. The maximum absolute atomic E-state index is 13.7. The van der Waals surface area contributed by atoms with E-state index in [1.54, 1.807) is 69.3 Å². The van der Waals surface area contributed by atoms with Crippen LogP contribution in [0.4, 0.5) is 55.3 Å². The highest BCUT2D eigenvalue weighted by Gasteiger charge is 2.30. The molecule has 11 heterocycles. The number of nitro groups is 1. The minimum atomic E-state index is -2.89. The molecule has 7 aliphatic heterocycles. The van der Waals surface area contributed by atoms with E-state index in [1.807, 2.05) is 82.0 Å². The van der Waals surface area contributed by atoms with E-state index in [0.29, 0.717) is 194 Å². The van der Waals surface area contributed by atoms with Gasteiger partial charge in [0, 0.05) is 250 Å². The van der Waals surface area contributed by atoms with Crippen LogP contribution < -0.4 is 61.3 Å². The van der Waals surface area contributed by atoms with Gasteiger partial charge in [0.05, 0.1) is 77.1 Å². The number of aromatic hydroxyl groups is 1. The number of H-pyrrole nitrogens is 4. The number of phenolic OH excluding ortho intramolecular Hbond substituents is 1. The minimum absolute atomic E-state index is 0.0135. The zero-order valence-corrected chi connectivity index (χ0v) is 75.6. The Bertz CT molecular complexity index is 5450. The molecule has 0 bridgehead atoms. The molecule has 4 aromatic heterocycles. The van der Waals surface area contributed by atoms with Crippen LogP contribution in [-0.4, -0.2) is 292 Å². The van der Waals surface area contributed by atoms with Crippen LogP contribution in [0.3, 0.4) is 0 Å². The largest absolute Gasteiger partial charge is 0.506 e. The molecule has 0 aliphatic carbocycles. The summed E-state index contributed by atoms with van der Waals surface area (Å²) in [5, 5.41) is 20.9. The molecule has 0 spiro atoms. The fraction of sp³-hybridized carbons (Fsp3) is 0.495. The Morgan fingerprint density at radius 3 is 1.27 bits per heavy atom. The molecule has 0 radical (unpaired) electrons. The molecule has 15 rings (SSSR count). The highest BCUT2D eigenvalue weighted by atomic mass is 19.3. The molecule has 7 fully saturated rings. The number of ketones is 1. The predicted octanol–water partition coefficient (Wildman–Crippen LogP) is 7.41. The first-order valence-corrected chi connectivity index (χ1v) is 44.5. The summed E-state index contributed by atoms with van der Waals surface area (Å²) in [6, 6.07) is 27.8. The van der Waals surface area contributed by atoms with E-state index in [0.717, 1.165) is 143 Å². The average Bonchev–Trinajstić information content (AvgIpc) is 0.827. The van der Waals surface area contributed by atoms with Crippen molar-refractivity contribution in [3.63, 3.8) is 0 Å². The zero-order chi connectivity index (χ0) is 92.5. The number of hydrogen-bond acceptors (Lipinski definition) is 28. The lowest BCUT2D eigenvalue weighted by Crippen LogP contribution is -2.49. The smallest absolute Gasteiger partial charge is 0.270 e. The quantitative estimate of drug-likeness (QED) is 0.0235. The summed E-state index contributed by atoms with van der Waals surface area (Å²) in [6.07, 6.45) is 3.80. The van der Waals surface area contributed by atoms with Crippen LogP contribution in [0.5, 0.6) is 11.5 Å². The lowest BCUT2D eigenvalue weighted by Gasteiger charge is -2.38. The Balaban J connectivity index is 0.000000157. The molecule has 7 aliphatic rings. The number of morpholine rings is 4. The van der Waals surface area contributed by atoms with Crippen LogP contribution in [0, 0.1) is 37.8 Å². The fourth-order valence-corrected chi connectivity index (χ4v) is 16.6. The van der Waals surface area contributed by atoms with Crippen molar-refractivity contribution in [1.29, 1.82) is 0 Å². The number of allylic oxidation sites excluding steroid dienone is 2. The van der Waals surface area contributed by atoms with Crippen LogP contribution >= 0.6 is 0 Å². The normalized spacial score (nSPS) is 16.2. The summed E-state index contributed by atoms with van der Waals surface area (Å²) in [4.78, 5) is 151. The van der Waals surface area contributed by atoms with Gasteiger partial charge in [0.15, 0.2) is 5.78 Å². The third-order valence-corrected chi connectivity index (χ3v) is 24.4. The van der Waals surface area contributed by atoms with Gasteiger partial charge in [-0.25, -0.2) is 28.7 Å². The maximum atomic E-state index is 13.7. The van der Waals surface area contributed by atoms with Gasteiger partial charge < -0.3 is 82.7 Å². The van der Waals surface area contributed by atoms with Gasteiger partial charge in [-0.1, -0.05) is 49.6 Å². The van der Waals surface area contributed by atoms with Gasteiger partial charge in [0.25, 0.3) is 33.8 Å². The number of piperazine rings is 3. The zero-order valence-electron chi connectivity index (χ0n) is 75.6. The van der Waals surface area contributed by atoms with Gasteiger partial charge in [-0.05, 0) is 120 Å². The number of para-hydroxylation sites is 2. The summed E-state index contributed by atoms with van der Waals surface area (Å²) in [5.74, 6) is 0.154. The topological polar surface area (TPSA) is 379 Å². The van der Waals surface area contributed by atoms with Crippen molar-refractivity contribution in [3.8, 4) is 11.5 Å². The molecular formula is C93H122F2N20O15. The standard InChI is InChI=1S/C24H31F2N5O3.C23H30N6O4.C23H31N5O3.C23H30N4O5/c1-17-20(22(33)28-23(27-17)31-12-14-34-15-13-31)6-7-21(32)30-10-8-29(9-11-30)19-5-3-4-18(16-19)24(2,25)26;1-17(26-9-11-27(12-10-26)19-4-6-20(7-5-19)29(31)32)3-8-21-18(2)24-23(25-22(21)30)28-13-15-33-16-14-28;1-17(26-9-11-27(12-10-26)20-5-3-4-6-21(20)29)7-8-19-18(2)24-23(25-22(19)30)28-13-15-31-16-14-28;1-16-20(22(30)25-23(24-16)27-9-11-32-12-10-27)7-8-21(29)26(2)15-18(28)13-17-5-4-6-19(14-17)31-3/h3-5,16H,6-15H2,1-2H3,(H,27,28,33);4-7H,1,3,8-16H2,2H3,(H,24,25,30);3-6,29H,1,7-16H2,2H3,(H,24,25,30);4-6,14H,7-13,15H2,1-3H3,(H,24,25,30). The van der Waals surface area contributed by atoms with E-state index >= 15 is 0 Å². The summed E-state index contributed by atoms with van der Waals surface area (Å²) >= 11 is 0. The van der Waals surface area contributed by atoms with Crippen molar-refractivity contribution in [1.82, 2.24) is 59.5 Å². The number of likely N-dealkylation sites (N-methyl/N-ethyl adjacent to an activating group) is 1. The van der Waals surface area contributed by atoms with Crippen molar-refractivity contribution >= 4 is 64.1 Å². The van der Waals surface area contributed by atoms with Crippen molar-refractivity contribution in [2.45, 2.75) is 98.3 Å². The van der Waals surface area contributed by atoms with E-state index in [9.17, 15) is 57.6 Å². The van der Waals surface area contributed by atoms with Gasteiger partial charge in [0.1, 0.15) is 11.5 Å². The number of nitrogens with zero attached hydrogens (tertiary/aromatic N) is 16. The van der Waals surface area contributed by atoms with Crippen molar-refractivity contribution < 1.29 is 56.9 Å². The number of aromatic amines is 4. The predicted molar refractivity (Wildman–Crippen MR) is 495 cm³/mol. The molecule has 7 saturated heterocycles. The summed E-state index contributed by atoms with van der Waals surface area (Å²) in [5.41, 5.74) is 10.2. The van der Waals surface area contributed by atoms with Gasteiger partial charge in [-0.3, -0.25) is 63.6 Å². The number of halogens is 2. The third kappa shape index (κ3) is 26.6. The molecule has 35 nitrogen and oxygen atoms in total. The number of anilines is 7. The highest BCUT2D eigenvalue weighted by Crippen LogP contribution is 2.32. The molecule has 5 N–H and O–H groups in total. The van der Waals surface area contributed by atoms with E-state index < -0.39 is 5.92 Å². The van der Waals surface area contributed by atoms with Gasteiger partial charge >= 0.3 is 0 Å². The lowest BCUT2D eigenvalue weighted by molar-refractivity contribution is -0.384. The number of carbonyl (C=O) groups is 3. The molecule has 8 aromatic rings. The Morgan fingerprint density at radius 1 is 0.485 bits per heavy atom. The van der Waals surface area contributed by atoms with E-state index in [-0.39, 0.29) is 88.2 Å². The Kier molecular flexibility index (Phi) is 34.2. The van der Waals surface area contributed by atoms with E-state index in [1.165, 1.54) is 17.0 Å². The fourth-order valence-electron chi connectivity index (χ4n) is 16.6. The van der Waals surface area contributed by atoms with E-state index in [4.69, 9.17) is 23.7 Å². The number of aromatic nitrogens is 8. The molecule has 0 atom stereocenters. The van der Waals surface area contributed by atoms with Crippen LogP contribution in [0.25, 0.3) is 0 Å². The number of alkyl halides is 2. The average molecular weight is 1800 g/mol. The van der Waals surface area contributed by atoms with Crippen molar-refractivity contribution in [3.05, 3.63) is 229 Å². The molecule has 4 aromatic carbocycles. The van der Waals surface area contributed by atoms with Crippen LogP contribution in [0.1, 0.15) is 88.8 Å². The molecule has 2 amide bonds. The number of carbonyl (C=O) groups excluding carboxylic acids is 3. The lowest BCUT2D eigenvalue weighted by atomic mass is 10.1. The summed E-state index contributed by atoms with van der Waals surface area (Å²) in [6.45, 7) is 36.2. The number of benzene rings is 4. The number of hydrogen-bond donors (Lipinski definition) is 5. The van der Waals surface area contributed by atoms with Crippen molar-refractivity contribution in [2.24, 2.45) is 0 Å². The number of phenols is 1. The number of rotatable bonds is 28. The number of non-ortho nitro benzene ring substituents is 1.